The van der Waals surface area contributed by atoms with E-state index in [1.807, 2.05) is 0 Å². The smallest absolute Gasteiger partial charge is 0.181 e. The van der Waals surface area contributed by atoms with E-state index in [9.17, 15) is 4.79 Å². The first-order chi connectivity index (χ1) is 9.46. The number of fused-ring (bicyclic) bond motifs is 1. The highest BCUT2D eigenvalue weighted by molar-refractivity contribution is 6.24. The quantitative estimate of drug-likeness (QED) is 0.685. The second-order valence-corrected chi connectivity index (χ2v) is 6.03. The molecule has 2 aliphatic heterocycles. The average molecular weight is 272 g/mol. The third-order valence-electron chi connectivity index (χ3n) is 3.81. The molecule has 3 aliphatic rings. The summed E-state index contributed by atoms with van der Waals surface area (Å²) in [4.78, 5) is 19.0. The summed E-state index contributed by atoms with van der Waals surface area (Å²) >= 11 is 0. The molecule has 0 saturated carbocycles. The van der Waals surface area contributed by atoms with Crippen LogP contribution in [0.2, 0.25) is 0 Å². The number of allylic oxidation sites excluding steroid dienone is 4. The largest absolute Gasteiger partial charge is 0.378 e. The van der Waals surface area contributed by atoms with Gasteiger partial charge in [-0.25, -0.2) is 0 Å². The lowest BCUT2D eigenvalue weighted by atomic mass is 9.86. The fraction of sp³-hybridized carbons (Fsp3) is 0.500. The molecule has 0 aromatic carbocycles. The molecule has 4 nitrogen and oxygen atoms in total. The summed E-state index contributed by atoms with van der Waals surface area (Å²) in [5.41, 5.74) is 3.79. The molecule has 0 N–H and O–H groups in total. The molecule has 106 valence electrons. The van der Waals surface area contributed by atoms with Crippen LogP contribution in [0.5, 0.6) is 0 Å². The van der Waals surface area contributed by atoms with Gasteiger partial charge in [0, 0.05) is 24.7 Å². The van der Waals surface area contributed by atoms with Crippen molar-refractivity contribution in [2.24, 2.45) is 4.99 Å². The zero-order valence-electron chi connectivity index (χ0n) is 12.3. The highest BCUT2D eigenvalue weighted by Gasteiger charge is 2.31. The normalized spacial score (nSPS) is 25.4. The first kappa shape index (κ1) is 13.3. The highest BCUT2D eigenvalue weighted by Crippen LogP contribution is 2.32. The summed E-state index contributed by atoms with van der Waals surface area (Å²) in [6.45, 7) is 9.27. The van der Waals surface area contributed by atoms with Gasteiger partial charge in [0.25, 0.3) is 0 Å². The Hall–Kier alpha value is -1.68. The fourth-order valence-electron chi connectivity index (χ4n) is 2.98. The number of hydrogen-bond donors (Lipinski definition) is 0. The van der Waals surface area contributed by atoms with Crippen LogP contribution in [0, 0.1) is 0 Å². The molecular formula is C16H20N2O2. The lowest BCUT2D eigenvalue weighted by Crippen LogP contribution is -2.41. The molecule has 4 heteroatoms. The summed E-state index contributed by atoms with van der Waals surface area (Å²) in [6.07, 6.45) is 5.53. The van der Waals surface area contributed by atoms with E-state index in [1.54, 1.807) is 12.2 Å². The maximum absolute atomic E-state index is 12.0. The van der Waals surface area contributed by atoms with E-state index >= 15 is 0 Å². The first-order valence-electron chi connectivity index (χ1n) is 7.07. The van der Waals surface area contributed by atoms with Crippen molar-refractivity contribution in [2.75, 3.05) is 26.3 Å². The molecule has 0 atom stereocenters. The van der Waals surface area contributed by atoms with Crippen LogP contribution >= 0.6 is 0 Å². The molecule has 20 heavy (non-hydrogen) atoms. The van der Waals surface area contributed by atoms with Crippen molar-refractivity contribution < 1.29 is 9.53 Å². The Morgan fingerprint density at radius 1 is 1.25 bits per heavy atom. The Morgan fingerprint density at radius 2 is 1.95 bits per heavy atom. The monoisotopic (exact) mass is 272 g/mol. The maximum atomic E-state index is 12.0. The van der Waals surface area contributed by atoms with Crippen molar-refractivity contribution >= 4 is 11.5 Å². The second kappa shape index (κ2) is 4.70. The number of rotatable bonds is 1. The average Bonchev–Trinajstić information content (AvgIpc) is 2.39. The molecule has 0 aromatic rings. The molecule has 2 heterocycles. The lowest BCUT2D eigenvalue weighted by molar-refractivity contribution is -0.110. The molecular weight excluding hydrogens is 252 g/mol. The Balaban J connectivity index is 2.02. The van der Waals surface area contributed by atoms with E-state index < -0.39 is 0 Å². The van der Waals surface area contributed by atoms with E-state index in [1.165, 1.54) is 0 Å². The van der Waals surface area contributed by atoms with Gasteiger partial charge in [-0.1, -0.05) is 6.08 Å². The fourth-order valence-corrected chi connectivity index (χ4v) is 2.98. The minimum absolute atomic E-state index is 0.0490. The van der Waals surface area contributed by atoms with Gasteiger partial charge in [-0.15, -0.1) is 0 Å². The Labute approximate surface area is 119 Å². The molecule has 0 radical (unpaired) electrons. The van der Waals surface area contributed by atoms with E-state index in [0.29, 0.717) is 13.2 Å². The summed E-state index contributed by atoms with van der Waals surface area (Å²) in [7, 11) is 0. The number of ether oxygens (including phenoxy) is 1. The van der Waals surface area contributed by atoms with Gasteiger partial charge in [0.15, 0.2) is 5.78 Å². The highest BCUT2D eigenvalue weighted by atomic mass is 16.5. The molecule has 0 spiro atoms. The van der Waals surface area contributed by atoms with Crippen molar-refractivity contribution in [1.82, 2.24) is 4.90 Å². The summed E-state index contributed by atoms with van der Waals surface area (Å²) in [5.74, 6) is 0.0490. The second-order valence-electron chi connectivity index (χ2n) is 6.03. The summed E-state index contributed by atoms with van der Waals surface area (Å²) in [5, 5.41) is 0. The third-order valence-corrected chi connectivity index (χ3v) is 3.81. The number of nitrogens with zero attached hydrogens (tertiary/aromatic N) is 2. The molecule has 0 aromatic heterocycles. The number of carbonyl (C=O) groups excluding carboxylic acids is 1. The number of carbonyl (C=O) groups is 1. The predicted octanol–water partition coefficient (Wildman–Crippen LogP) is 1.89. The van der Waals surface area contributed by atoms with Crippen LogP contribution < -0.4 is 0 Å². The van der Waals surface area contributed by atoms with Crippen molar-refractivity contribution in [2.45, 2.75) is 26.3 Å². The van der Waals surface area contributed by atoms with E-state index in [2.05, 4.69) is 31.7 Å². The van der Waals surface area contributed by atoms with Gasteiger partial charge >= 0.3 is 0 Å². The predicted molar refractivity (Wildman–Crippen MR) is 78.8 cm³/mol. The van der Waals surface area contributed by atoms with Crippen LogP contribution in [0.15, 0.2) is 40.1 Å². The topological polar surface area (TPSA) is 41.9 Å². The zero-order valence-corrected chi connectivity index (χ0v) is 12.3. The number of hydrogen-bond acceptors (Lipinski definition) is 4. The van der Waals surface area contributed by atoms with Gasteiger partial charge in [-0.05, 0) is 32.4 Å². The Morgan fingerprint density at radius 3 is 2.65 bits per heavy atom. The minimum atomic E-state index is -0.220. The van der Waals surface area contributed by atoms with Crippen molar-refractivity contribution in [3.05, 3.63) is 35.1 Å². The first-order valence-corrected chi connectivity index (χ1v) is 7.07. The minimum Gasteiger partial charge on any atom is -0.378 e. The number of ketones is 1. The summed E-state index contributed by atoms with van der Waals surface area (Å²) < 4.78 is 5.40. The molecule has 1 fully saturated rings. The number of aliphatic imine (C=N–C) groups is 1. The van der Waals surface area contributed by atoms with E-state index in [0.717, 1.165) is 35.6 Å². The van der Waals surface area contributed by atoms with Crippen LogP contribution in [0.4, 0.5) is 0 Å². The van der Waals surface area contributed by atoms with Crippen molar-refractivity contribution in [3.8, 4) is 0 Å². The summed E-state index contributed by atoms with van der Waals surface area (Å²) in [6, 6.07) is 0. The van der Waals surface area contributed by atoms with Gasteiger partial charge < -0.3 is 9.64 Å². The standard InChI is InChI=1S/C16H20N2O2/c1-11-10-16(2,3)17-15-13(11)8-12(19)9-14(15)18-4-6-20-7-5-18/h8-10H,4-7H2,1-3H3. The van der Waals surface area contributed by atoms with Crippen LogP contribution in [0.25, 0.3) is 0 Å². The Kier molecular flexibility index (Phi) is 3.13. The van der Waals surface area contributed by atoms with Crippen LogP contribution in [-0.2, 0) is 9.53 Å². The van der Waals surface area contributed by atoms with Crippen LogP contribution in [0.3, 0.4) is 0 Å². The molecule has 0 bridgehead atoms. The van der Waals surface area contributed by atoms with Gasteiger partial charge in [0.05, 0.1) is 30.2 Å². The lowest BCUT2D eigenvalue weighted by Gasteiger charge is -2.36. The zero-order chi connectivity index (χ0) is 14.3. The van der Waals surface area contributed by atoms with E-state index in [4.69, 9.17) is 9.73 Å². The molecule has 1 saturated heterocycles. The number of dihydropyridines is 1. The van der Waals surface area contributed by atoms with Crippen LogP contribution in [0.1, 0.15) is 20.8 Å². The SMILES string of the molecule is CC1=CC(C)(C)N=C2C1=CC(=O)C=C2N1CCOCC1. The molecule has 0 amide bonds. The van der Waals surface area contributed by atoms with Gasteiger partial charge in [0.2, 0.25) is 0 Å². The molecule has 1 aliphatic carbocycles. The van der Waals surface area contributed by atoms with Crippen molar-refractivity contribution in [3.63, 3.8) is 0 Å². The van der Waals surface area contributed by atoms with Gasteiger partial charge in [0.1, 0.15) is 0 Å². The Bertz CT molecular complexity index is 573. The molecule has 0 unspecified atom stereocenters. The van der Waals surface area contributed by atoms with Gasteiger partial charge in [-0.2, -0.15) is 0 Å². The number of morpholine rings is 1. The third kappa shape index (κ3) is 2.36. The maximum Gasteiger partial charge on any atom is 0.181 e. The molecule has 3 rings (SSSR count). The van der Waals surface area contributed by atoms with Crippen LogP contribution in [-0.4, -0.2) is 48.2 Å². The van der Waals surface area contributed by atoms with Gasteiger partial charge in [-0.3, -0.25) is 9.79 Å². The van der Waals surface area contributed by atoms with E-state index in [-0.39, 0.29) is 11.3 Å². The van der Waals surface area contributed by atoms with Crippen molar-refractivity contribution in [1.29, 1.82) is 0 Å².